The minimum atomic E-state index is -0.835. The molecule has 1 aromatic rings. The van der Waals surface area contributed by atoms with Crippen molar-refractivity contribution in [2.75, 3.05) is 6.54 Å². The molecule has 2 heterocycles. The second-order valence-corrected chi connectivity index (χ2v) is 7.55. The molecule has 0 spiro atoms. The Morgan fingerprint density at radius 3 is 2.57 bits per heavy atom. The summed E-state index contributed by atoms with van der Waals surface area (Å²) < 4.78 is 0. The lowest BCUT2D eigenvalue weighted by atomic mass is 9.52. The average molecular weight is 291 g/mol. The molecule has 116 valence electrons. The molecular formula is C16H25N3O2. The van der Waals surface area contributed by atoms with Crippen LogP contribution in [0.1, 0.15) is 70.0 Å². The molecule has 1 aromatic heterocycles. The lowest BCUT2D eigenvalue weighted by molar-refractivity contribution is 0.0764. The lowest BCUT2D eigenvalue weighted by Gasteiger charge is -2.52. The number of rotatable bonds is 1. The summed E-state index contributed by atoms with van der Waals surface area (Å²) in [6.07, 6.45) is 3.43. The van der Waals surface area contributed by atoms with E-state index in [-0.39, 0.29) is 16.9 Å². The quantitative estimate of drug-likeness (QED) is 0.832. The molecule has 2 aliphatic rings. The Kier molecular flexibility index (Phi) is 3.08. The Hall–Kier alpha value is -1.52. The van der Waals surface area contributed by atoms with E-state index in [1.165, 1.54) is 11.3 Å². The summed E-state index contributed by atoms with van der Waals surface area (Å²) in [6.45, 7) is 9.36. The Bertz CT molecular complexity index is 567. The van der Waals surface area contributed by atoms with Crippen molar-refractivity contribution in [3.05, 3.63) is 17.0 Å². The first-order valence-electron chi connectivity index (χ1n) is 7.85. The standard InChI is InChI=1S/C16H25N3O2/c1-10-12-11(6-9-19(10)14(20)21)17-18-13(12)16(7-5-8-16)15(2,3)4/h10H,5-9H2,1-4H3,(H,17,18)(H,20,21). The van der Waals surface area contributed by atoms with E-state index in [4.69, 9.17) is 0 Å². The number of aromatic amines is 1. The Labute approximate surface area is 125 Å². The van der Waals surface area contributed by atoms with Gasteiger partial charge < -0.3 is 10.0 Å². The number of fused-ring (bicyclic) bond motifs is 1. The maximum absolute atomic E-state index is 11.4. The highest BCUT2D eigenvalue weighted by Crippen LogP contribution is 2.56. The third kappa shape index (κ3) is 1.89. The zero-order chi connectivity index (χ0) is 15.4. The molecule has 3 rings (SSSR count). The number of hydrogen-bond acceptors (Lipinski definition) is 2. The molecule has 21 heavy (non-hydrogen) atoms. The van der Waals surface area contributed by atoms with Crippen LogP contribution in [0, 0.1) is 5.41 Å². The maximum Gasteiger partial charge on any atom is 0.407 e. The maximum atomic E-state index is 11.4. The van der Waals surface area contributed by atoms with Crippen LogP contribution in [0.3, 0.4) is 0 Å². The van der Waals surface area contributed by atoms with Gasteiger partial charge in [0.05, 0.1) is 11.7 Å². The summed E-state index contributed by atoms with van der Waals surface area (Å²) in [4.78, 5) is 13.0. The zero-order valence-corrected chi connectivity index (χ0v) is 13.4. The van der Waals surface area contributed by atoms with Crippen LogP contribution < -0.4 is 0 Å². The summed E-state index contributed by atoms with van der Waals surface area (Å²) in [6, 6.07) is -0.111. The smallest absolute Gasteiger partial charge is 0.407 e. The van der Waals surface area contributed by atoms with Gasteiger partial charge >= 0.3 is 6.09 Å². The molecule has 5 heteroatoms. The van der Waals surface area contributed by atoms with Gasteiger partial charge in [-0.3, -0.25) is 5.10 Å². The number of carboxylic acid groups (broad SMARTS) is 1. The minimum absolute atomic E-state index is 0.0901. The highest BCUT2D eigenvalue weighted by atomic mass is 16.4. The zero-order valence-electron chi connectivity index (χ0n) is 13.4. The van der Waals surface area contributed by atoms with Crippen molar-refractivity contribution in [2.24, 2.45) is 5.41 Å². The second kappa shape index (κ2) is 4.49. The van der Waals surface area contributed by atoms with Crippen molar-refractivity contribution >= 4 is 6.09 Å². The van der Waals surface area contributed by atoms with Gasteiger partial charge in [-0.1, -0.05) is 27.2 Å². The van der Waals surface area contributed by atoms with Crippen LogP contribution in [0.5, 0.6) is 0 Å². The highest BCUT2D eigenvalue weighted by Gasteiger charge is 2.52. The van der Waals surface area contributed by atoms with Gasteiger partial charge in [0, 0.05) is 29.6 Å². The first-order valence-corrected chi connectivity index (χ1v) is 7.85. The summed E-state index contributed by atoms with van der Waals surface area (Å²) >= 11 is 0. The second-order valence-electron chi connectivity index (χ2n) is 7.55. The van der Waals surface area contributed by atoms with Crippen LogP contribution >= 0.6 is 0 Å². The molecule has 2 N–H and O–H groups in total. The molecule has 1 saturated carbocycles. The number of H-pyrrole nitrogens is 1. The third-order valence-electron chi connectivity index (χ3n) is 5.71. The lowest BCUT2D eigenvalue weighted by Crippen LogP contribution is -2.48. The van der Waals surface area contributed by atoms with Crippen molar-refractivity contribution in [1.82, 2.24) is 15.1 Å². The van der Waals surface area contributed by atoms with Gasteiger partial charge in [0.15, 0.2) is 0 Å². The fourth-order valence-corrected chi connectivity index (χ4v) is 4.11. The number of aromatic nitrogens is 2. The number of nitrogens with zero attached hydrogens (tertiary/aromatic N) is 2. The number of amides is 1. The highest BCUT2D eigenvalue weighted by molar-refractivity contribution is 5.66. The molecule has 0 aromatic carbocycles. The molecule has 1 fully saturated rings. The van der Waals surface area contributed by atoms with Crippen molar-refractivity contribution in [3.63, 3.8) is 0 Å². The minimum Gasteiger partial charge on any atom is -0.465 e. The summed E-state index contributed by atoms with van der Waals surface area (Å²) in [5, 5.41) is 17.2. The van der Waals surface area contributed by atoms with E-state index in [9.17, 15) is 9.90 Å². The van der Waals surface area contributed by atoms with E-state index in [2.05, 4.69) is 31.0 Å². The van der Waals surface area contributed by atoms with E-state index in [1.807, 2.05) is 6.92 Å². The van der Waals surface area contributed by atoms with Crippen molar-refractivity contribution in [1.29, 1.82) is 0 Å². The predicted molar refractivity (Wildman–Crippen MR) is 80.4 cm³/mol. The number of carbonyl (C=O) groups is 1. The molecule has 1 unspecified atom stereocenters. The summed E-state index contributed by atoms with van der Waals surface area (Å²) in [5.74, 6) is 0. The molecule has 1 amide bonds. The molecule has 0 bridgehead atoms. The molecule has 0 saturated heterocycles. The Balaban J connectivity index is 2.08. The van der Waals surface area contributed by atoms with Crippen molar-refractivity contribution in [3.8, 4) is 0 Å². The molecule has 1 aliphatic heterocycles. The van der Waals surface area contributed by atoms with E-state index < -0.39 is 6.09 Å². The first-order chi connectivity index (χ1) is 9.78. The topological polar surface area (TPSA) is 69.2 Å². The largest absolute Gasteiger partial charge is 0.465 e. The van der Waals surface area contributed by atoms with Crippen LogP contribution in [0.15, 0.2) is 0 Å². The van der Waals surface area contributed by atoms with E-state index in [1.54, 1.807) is 0 Å². The number of hydrogen-bond donors (Lipinski definition) is 2. The van der Waals surface area contributed by atoms with Crippen LogP contribution in [0.2, 0.25) is 0 Å². The Morgan fingerprint density at radius 1 is 1.43 bits per heavy atom. The fourth-order valence-electron chi connectivity index (χ4n) is 4.11. The Morgan fingerprint density at radius 2 is 2.10 bits per heavy atom. The van der Waals surface area contributed by atoms with Gasteiger partial charge in [-0.2, -0.15) is 5.10 Å². The van der Waals surface area contributed by atoms with Crippen molar-refractivity contribution < 1.29 is 9.90 Å². The molecule has 1 atom stereocenters. The van der Waals surface area contributed by atoms with Gasteiger partial charge in [-0.25, -0.2) is 4.79 Å². The van der Waals surface area contributed by atoms with Gasteiger partial charge in [0.1, 0.15) is 0 Å². The molecule has 1 aliphatic carbocycles. The van der Waals surface area contributed by atoms with Gasteiger partial charge in [-0.15, -0.1) is 0 Å². The normalized spacial score (nSPS) is 24.4. The summed E-state index contributed by atoms with van der Waals surface area (Å²) in [5.41, 5.74) is 3.62. The van der Waals surface area contributed by atoms with E-state index in [0.717, 1.165) is 36.2 Å². The van der Waals surface area contributed by atoms with Crippen LogP contribution in [-0.4, -0.2) is 32.8 Å². The first kappa shape index (κ1) is 14.4. The molecule has 5 nitrogen and oxygen atoms in total. The van der Waals surface area contributed by atoms with Gasteiger partial charge in [-0.05, 0) is 25.2 Å². The fraction of sp³-hybridized carbons (Fsp3) is 0.750. The monoisotopic (exact) mass is 291 g/mol. The molecular weight excluding hydrogens is 266 g/mol. The molecule has 0 radical (unpaired) electrons. The predicted octanol–water partition coefficient (Wildman–Crippen LogP) is 3.47. The summed E-state index contributed by atoms with van der Waals surface area (Å²) in [7, 11) is 0. The van der Waals surface area contributed by atoms with E-state index >= 15 is 0 Å². The SMILES string of the molecule is CC1c2c(C3(C(C)(C)C)CCC3)n[nH]c2CCN1C(=O)O. The van der Waals surface area contributed by atoms with E-state index in [0.29, 0.717) is 6.54 Å². The average Bonchev–Trinajstić information content (AvgIpc) is 2.70. The van der Waals surface area contributed by atoms with Crippen molar-refractivity contribution in [2.45, 2.75) is 64.8 Å². The number of nitrogens with one attached hydrogen (secondary N) is 1. The van der Waals surface area contributed by atoms with Crippen LogP contribution in [0.4, 0.5) is 4.79 Å². The van der Waals surface area contributed by atoms with Gasteiger partial charge in [0.25, 0.3) is 0 Å². The van der Waals surface area contributed by atoms with Gasteiger partial charge in [0.2, 0.25) is 0 Å². The van der Waals surface area contributed by atoms with Crippen LogP contribution in [-0.2, 0) is 11.8 Å². The van der Waals surface area contributed by atoms with Crippen LogP contribution in [0.25, 0.3) is 0 Å². The third-order valence-corrected chi connectivity index (χ3v) is 5.71.